The second kappa shape index (κ2) is 6.89. The molecule has 0 saturated heterocycles. The van der Waals surface area contributed by atoms with Gasteiger partial charge < -0.3 is 10.1 Å². The summed E-state index contributed by atoms with van der Waals surface area (Å²) in [7, 11) is 0. The van der Waals surface area contributed by atoms with Gasteiger partial charge in [-0.25, -0.2) is 0 Å². The van der Waals surface area contributed by atoms with Gasteiger partial charge in [0.2, 0.25) is 0 Å². The molecule has 0 aliphatic carbocycles. The minimum Gasteiger partial charge on any atom is -0.435 e. The lowest BCUT2D eigenvalue weighted by atomic mass is 10.1. The van der Waals surface area contributed by atoms with Gasteiger partial charge in [0.05, 0.1) is 0 Å². The van der Waals surface area contributed by atoms with Crippen LogP contribution in [0.2, 0.25) is 0 Å². The molecule has 0 aromatic heterocycles. The van der Waals surface area contributed by atoms with E-state index in [1.54, 1.807) is 24.3 Å². The fraction of sp³-hybridized carbons (Fsp3) is 0.250. The van der Waals surface area contributed by atoms with Crippen LogP contribution in [0.1, 0.15) is 18.1 Å². The van der Waals surface area contributed by atoms with Crippen molar-refractivity contribution in [2.24, 2.45) is 0 Å². The van der Waals surface area contributed by atoms with Gasteiger partial charge in [0.25, 0.3) is 0 Å². The molecular weight excluding hydrogens is 260 g/mol. The van der Waals surface area contributed by atoms with Crippen LogP contribution in [0.25, 0.3) is 0 Å². The Bertz CT molecular complexity index is 523. The molecule has 0 atom stereocenters. The van der Waals surface area contributed by atoms with E-state index < -0.39 is 6.61 Å². The lowest BCUT2D eigenvalue weighted by Gasteiger charge is -2.08. The van der Waals surface area contributed by atoms with E-state index in [4.69, 9.17) is 0 Å². The van der Waals surface area contributed by atoms with Gasteiger partial charge in [-0.2, -0.15) is 8.78 Å². The average Bonchev–Trinajstić information content (AvgIpc) is 2.46. The molecule has 2 nitrogen and oxygen atoms in total. The molecule has 0 bridgehead atoms. The minimum absolute atomic E-state index is 0.177. The van der Waals surface area contributed by atoms with Crippen LogP contribution in [-0.4, -0.2) is 6.61 Å². The van der Waals surface area contributed by atoms with E-state index >= 15 is 0 Å². The van der Waals surface area contributed by atoms with Crippen LogP contribution in [0.3, 0.4) is 0 Å². The van der Waals surface area contributed by atoms with Crippen molar-refractivity contribution >= 4 is 5.69 Å². The van der Waals surface area contributed by atoms with E-state index in [0.29, 0.717) is 6.54 Å². The second-order valence-corrected chi connectivity index (χ2v) is 4.43. The van der Waals surface area contributed by atoms with E-state index in [2.05, 4.69) is 29.1 Å². The number of ether oxygens (including phenoxy) is 1. The zero-order valence-electron chi connectivity index (χ0n) is 11.3. The number of anilines is 1. The van der Waals surface area contributed by atoms with Crippen molar-refractivity contribution in [3.63, 3.8) is 0 Å². The van der Waals surface area contributed by atoms with Crippen molar-refractivity contribution in [2.45, 2.75) is 26.5 Å². The third kappa shape index (κ3) is 4.23. The largest absolute Gasteiger partial charge is 0.435 e. The Balaban J connectivity index is 1.89. The summed E-state index contributed by atoms with van der Waals surface area (Å²) in [6, 6.07) is 14.9. The highest BCUT2D eigenvalue weighted by atomic mass is 19.3. The first-order valence-electron chi connectivity index (χ1n) is 6.54. The molecule has 0 fully saturated rings. The Hall–Kier alpha value is -2.10. The number of aryl methyl sites for hydroxylation is 1. The van der Waals surface area contributed by atoms with Crippen molar-refractivity contribution < 1.29 is 13.5 Å². The Kier molecular flexibility index (Phi) is 4.93. The van der Waals surface area contributed by atoms with Crippen molar-refractivity contribution in [3.8, 4) is 5.75 Å². The fourth-order valence-electron chi connectivity index (χ4n) is 1.85. The van der Waals surface area contributed by atoms with E-state index in [0.717, 1.165) is 17.7 Å². The molecule has 2 aromatic rings. The van der Waals surface area contributed by atoms with Crippen molar-refractivity contribution in [2.75, 3.05) is 5.32 Å². The highest BCUT2D eigenvalue weighted by Gasteiger charge is 2.03. The molecule has 2 aromatic carbocycles. The smallest absolute Gasteiger partial charge is 0.387 e. The van der Waals surface area contributed by atoms with Gasteiger partial charge in [-0.1, -0.05) is 31.2 Å². The zero-order valence-corrected chi connectivity index (χ0v) is 11.3. The number of benzene rings is 2. The summed E-state index contributed by atoms with van der Waals surface area (Å²) in [5.74, 6) is 0.177. The Labute approximate surface area is 117 Å². The second-order valence-electron chi connectivity index (χ2n) is 4.43. The SMILES string of the molecule is CCc1ccc(NCc2ccc(OC(F)F)cc2)cc1. The molecule has 0 saturated carbocycles. The lowest BCUT2D eigenvalue weighted by Crippen LogP contribution is -2.02. The van der Waals surface area contributed by atoms with Crippen molar-refractivity contribution in [1.82, 2.24) is 0 Å². The molecule has 0 radical (unpaired) electrons. The van der Waals surface area contributed by atoms with Crippen LogP contribution >= 0.6 is 0 Å². The summed E-state index contributed by atoms with van der Waals surface area (Å²) >= 11 is 0. The maximum absolute atomic E-state index is 12.0. The van der Waals surface area contributed by atoms with Gasteiger partial charge in [0, 0.05) is 12.2 Å². The quantitative estimate of drug-likeness (QED) is 0.841. The van der Waals surface area contributed by atoms with Gasteiger partial charge in [-0.05, 0) is 41.8 Å². The molecule has 0 unspecified atom stereocenters. The number of hydrogen-bond acceptors (Lipinski definition) is 2. The molecule has 0 spiro atoms. The van der Waals surface area contributed by atoms with Gasteiger partial charge in [0.1, 0.15) is 5.75 Å². The van der Waals surface area contributed by atoms with Gasteiger partial charge in [0.15, 0.2) is 0 Å². The van der Waals surface area contributed by atoms with Crippen molar-refractivity contribution in [1.29, 1.82) is 0 Å². The first kappa shape index (κ1) is 14.3. The Morgan fingerprint density at radius 1 is 0.950 bits per heavy atom. The van der Waals surface area contributed by atoms with E-state index in [9.17, 15) is 8.78 Å². The first-order chi connectivity index (χ1) is 9.67. The van der Waals surface area contributed by atoms with E-state index in [-0.39, 0.29) is 5.75 Å². The summed E-state index contributed by atoms with van der Waals surface area (Å²) < 4.78 is 28.3. The summed E-state index contributed by atoms with van der Waals surface area (Å²) in [5.41, 5.74) is 3.34. The molecule has 20 heavy (non-hydrogen) atoms. The normalized spacial score (nSPS) is 10.6. The van der Waals surface area contributed by atoms with Crippen LogP contribution < -0.4 is 10.1 Å². The maximum Gasteiger partial charge on any atom is 0.387 e. The zero-order chi connectivity index (χ0) is 14.4. The molecule has 4 heteroatoms. The molecular formula is C16H17F2NO. The molecule has 106 valence electrons. The fourth-order valence-corrected chi connectivity index (χ4v) is 1.85. The topological polar surface area (TPSA) is 21.3 Å². The summed E-state index contributed by atoms with van der Waals surface area (Å²) in [6.07, 6.45) is 1.02. The summed E-state index contributed by atoms with van der Waals surface area (Å²) in [5, 5.41) is 3.28. The number of rotatable bonds is 6. The Morgan fingerprint density at radius 3 is 2.10 bits per heavy atom. The van der Waals surface area contributed by atoms with Gasteiger partial charge in [-0.15, -0.1) is 0 Å². The number of halogens is 2. The van der Waals surface area contributed by atoms with Crippen LogP contribution in [0, 0.1) is 0 Å². The molecule has 1 N–H and O–H groups in total. The van der Waals surface area contributed by atoms with E-state index in [1.165, 1.54) is 5.56 Å². The summed E-state index contributed by atoms with van der Waals surface area (Å²) in [6.45, 7) is -0.0256. The molecule has 0 aliphatic rings. The van der Waals surface area contributed by atoms with Crippen LogP contribution in [0.5, 0.6) is 5.75 Å². The highest BCUT2D eigenvalue weighted by Crippen LogP contribution is 2.16. The number of alkyl halides is 2. The highest BCUT2D eigenvalue weighted by molar-refractivity contribution is 5.45. The molecule has 2 rings (SSSR count). The van der Waals surface area contributed by atoms with Gasteiger partial charge in [-0.3, -0.25) is 0 Å². The third-order valence-electron chi connectivity index (χ3n) is 3.01. The van der Waals surface area contributed by atoms with Crippen LogP contribution in [0.15, 0.2) is 48.5 Å². The number of nitrogens with one attached hydrogen (secondary N) is 1. The van der Waals surface area contributed by atoms with Gasteiger partial charge >= 0.3 is 6.61 Å². The maximum atomic E-state index is 12.0. The Morgan fingerprint density at radius 2 is 1.55 bits per heavy atom. The summed E-state index contributed by atoms with van der Waals surface area (Å²) in [4.78, 5) is 0. The lowest BCUT2D eigenvalue weighted by molar-refractivity contribution is -0.0498. The standard InChI is InChI=1S/C16H17F2NO/c1-2-12-3-7-14(8-4-12)19-11-13-5-9-15(10-6-13)20-16(17)18/h3-10,16,19H,2,11H2,1H3. The molecule has 0 heterocycles. The minimum atomic E-state index is -2.78. The molecule has 0 amide bonds. The molecule has 0 aliphatic heterocycles. The number of hydrogen-bond donors (Lipinski definition) is 1. The average molecular weight is 277 g/mol. The van der Waals surface area contributed by atoms with E-state index in [1.807, 2.05) is 12.1 Å². The van der Waals surface area contributed by atoms with Crippen LogP contribution in [-0.2, 0) is 13.0 Å². The first-order valence-corrected chi connectivity index (χ1v) is 6.54. The predicted octanol–water partition coefficient (Wildman–Crippen LogP) is 4.46. The van der Waals surface area contributed by atoms with Crippen LogP contribution in [0.4, 0.5) is 14.5 Å². The monoisotopic (exact) mass is 277 g/mol. The third-order valence-corrected chi connectivity index (χ3v) is 3.01. The van der Waals surface area contributed by atoms with Crippen molar-refractivity contribution in [3.05, 3.63) is 59.7 Å². The predicted molar refractivity (Wildman–Crippen MR) is 76.2 cm³/mol.